The summed E-state index contributed by atoms with van der Waals surface area (Å²) in [5.41, 5.74) is 2.84. The Morgan fingerprint density at radius 1 is 1.36 bits per heavy atom. The molecule has 1 heteroatoms. The molecule has 0 aromatic rings. The topological polar surface area (TPSA) is 0 Å². The van der Waals surface area contributed by atoms with Gasteiger partial charge in [0.25, 0.3) is 0 Å². The van der Waals surface area contributed by atoms with E-state index in [9.17, 15) is 0 Å². The third-order valence-electron chi connectivity index (χ3n) is 1.82. The van der Waals surface area contributed by atoms with Crippen LogP contribution in [-0.2, 0) is 20.4 Å². The van der Waals surface area contributed by atoms with E-state index in [1.165, 1.54) is 11.1 Å². The quantitative estimate of drug-likeness (QED) is 0.567. The Hall–Kier alpha value is 0.0123. The maximum atomic E-state index is 3.94. The van der Waals surface area contributed by atoms with Crippen LogP contribution in [0, 0.1) is 26.2 Å². The van der Waals surface area contributed by atoms with Crippen LogP contribution >= 0.6 is 0 Å². The third kappa shape index (κ3) is 7.42. The van der Waals surface area contributed by atoms with Crippen LogP contribution in [0.3, 0.4) is 0 Å². The molecule has 0 saturated carbocycles. The van der Waals surface area contributed by atoms with Crippen LogP contribution in [0.5, 0.6) is 0 Å². The average molecular weight is 364 g/mol. The predicted octanol–water partition coefficient (Wildman–Crippen LogP) is 4.17. The number of allylic oxidation sites excluding steroid dienone is 3. The Labute approximate surface area is 104 Å². The summed E-state index contributed by atoms with van der Waals surface area (Å²) in [6, 6.07) is 0. The summed E-state index contributed by atoms with van der Waals surface area (Å²) >= 11 is 0. The zero-order chi connectivity index (χ0) is 10.5. The van der Waals surface area contributed by atoms with Crippen molar-refractivity contribution in [2.75, 3.05) is 0 Å². The van der Waals surface area contributed by atoms with Crippen molar-refractivity contribution < 1.29 is 20.4 Å². The molecular formula is C13H21Re-3. The van der Waals surface area contributed by atoms with Gasteiger partial charge >= 0.3 is 0 Å². The molecule has 0 saturated heterocycles. The van der Waals surface area contributed by atoms with Crippen LogP contribution < -0.4 is 0 Å². The van der Waals surface area contributed by atoms with Crippen molar-refractivity contribution in [2.45, 2.75) is 33.1 Å². The van der Waals surface area contributed by atoms with Gasteiger partial charge in [0.15, 0.2) is 0 Å². The molecule has 0 aliphatic heterocycles. The normalized spacial score (nSPS) is 18.6. The van der Waals surface area contributed by atoms with Gasteiger partial charge in [-0.2, -0.15) is 0 Å². The zero-order valence-corrected chi connectivity index (χ0v) is 12.1. The molecule has 0 aromatic heterocycles. The van der Waals surface area contributed by atoms with Gasteiger partial charge < -0.3 is 20.3 Å². The third-order valence-corrected chi connectivity index (χ3v) is 1.82. The van der Waals surface area contributed by atoms with Crippen molar-refractivity contribution >= 4 is 0 Å². The molecule has 14 heavy (non-hydrogen) atoms. The van der Waals surface area contributed by atoms with Gasteiger partial charge in [-0.1, -0.05) is 20.3 Å². The molecule has 0 amide bonds. The smallest absolute Gasteiger partial charge is 0 e. The van der Waals surface area contributed by atoms with Gasteiger partial charge in [0, 0.05) is 20.4 Å². The Balaban J connectivity index is 0. The molecule has 1 rings (SSSR count). The van der Waals surface area contributed by atoms with E-state index in [0.29, 0.717) is 5.41 Å². The zero-order valence-electron chi connectivity index (χ0n) is 9.41. The molecule has 0 N–H and O–H groups in total. The summed E-state index contributed by atoms with van der Waals surface area (Å²) in [5.74, 6) is 0. The first-order chi connectivity index (χ1) is 5.91. The van der Waals surface area contributed by atoms with Crippen molar-refractivity contribution in [1.82, 2.24) is 0 Å². The summed E-state index contributed by atoms with van der Waals surface area (Å²) in [6.07, 6.45) is 5.09. The van der Waals surface area contributed by atoms with E-state index < -0.39 is 0 Å². The number of hydrogen-bond donors (Lipinski definition) is 0. The van der Waals surface area contributed by atoms with Crippen LogP contribution in [0.15, 0.2) is 23.8 Å². The average Bonchev–Trinajstić information content (AvgIpc) is 1.81. The van der Waals surface area contributed by atoms with Crippen molar-refractivity contribution in [3.63, 3.8) is 0 Å². The van der Waals surface area contributed by atoms with E-state index in [2.05, 4.69) is 47.3 Å². The van der Waals surface area contributed by atoms with Gasteiger partial charge in [-0.15, -0.1) is 12.2 Å². The minimum atomic E-state index is 0. The second-order valence-electron chi connectivity index (χ2n) is 4.33. The number of hydrogen-bond acceptors (Lipinski definition) is 0. The van der Waals surface area contributed by atoms with Gasteiger partial charge in [0.05, 0.1) is 0 Å². The SMILES string of the molecule is C=C1C=C([CH2-])CC(C)(C)C1.[CH2-]C[CH2-].[Re]. The van der Waals surface area contributed by atoms with Crippen LogP contribution in [0.25, 0.3) is 0 Å². The van der Waals surface area contributed by atoms with E-state index in [4.69, 9.17) is 0 Å². The molecule has 0 aromatic carbocycles. The number of rotatable bonds is 0. The molecule has 0 atom stereocenters. The van der Waals surface area contributed by atoms with Crippen LogP contribution in [0.1, 0.15) is 33.1 Å². The van der Waals surface area contributed by atoms with E-state index in [1.807, 2.05) is 0 Å². The molecule has 0 heterocycles. The second-order valence-corrected chi connectivity index (χ2v) is 4.33. The second kappa shape index (κ2) is 7.32. The predicted molar refractivity (Wildman–Crippen MR) is 60.9 cm³/mol. The molecule has 83 valence electrons. The summed E-state index contributed by atoms with van der Waals surface area (Å²) in [6.45, 7) is 19.2. The molecule has 1 aliphatic rings. The summed E-state index contributed by atoms with van der Waals surface area (Å²) in [4.78, 5) is 0. The van der Waals surface area contributed by atoms with Crippen LogP contribution in [-0.4, -0.2) is 0 Å². The maximum Gasteiger partial charge on any atom is 0 e. The van der Waals surface area contributed by atoms with Gasteiger partial charge in [-0.3, -0.25) is 0 Å². The van der Waals surface area contributed by atoms with Crippen molar-refractivity contribution in [3.8, 4) is 0 Å². The molecule has 1 radical (unpaired) electrons. The van der Waals surface area contributed by atoms with E-state index in [-0.39, 0.29) is 20.4 Å². The van der Waals surface area contributed by atoms with E-state index in [1.54, 1.807) is 0 Å². The monoisotopic (exact) mass is 364 g/mol. The molecule has 0 nitrogen and oxygen atoms in total. The van der Waals surface area contributed by atoms with Gasteiger partial charge in [0.2, 0.25) is 0 Å². The van der Waals surface area contributed by atoms with Gasteiger partial charge in [0.1, 0.15) is 0 Å². The Morgan fingerprint density at radius 3 is 2.07 bits per heavy atom. The van der Waals surface area contributed by atoms with Crippen LogP contribution in [0.2, 0.25) is 0 Å². The molecule has 1 aliphatic carbocycles. The fourth-order valence-corrected chi connectivity index (χ4v) is 1.68. The Morgan fingerprint density at radius 2 is 1.79 bits per heavy atom. The van der Waals surface area contributed by atoms with Crippen LogP contribution in [0.4, 0.5) is 0 Å². The molecule has 0 unspecified atom stereocenters. The van der Waals surface area contributed by atoms with Crippen molar-refractivity contribution in [3.05, 3.63) is 44.6 Å². The van der Waals surface area contributed by atoms with E-state index in [0.717, 1.165) is 19.3 Å². The Bertz CT molecular complexity index is 199. The molecular weight excluding hydrogens is 342 g/mol. The standard InChI is InChI=1S/C10H15.C3H6.Re/c1-8-5-9(2)7-10(3,4)6-8;1-3-2;/h5H,1-2,6-7H2,3-4H3;1-3H2;/q-1;-2;. The van der Waals surface area contributed by atoms with Crippen molar-refractivity contribution in [2.24, 2.45) is 5.41 Å². The summed E-state index contributed by atoms with van der Waals surface area (Å²) < 4.78 is 0. The summed E-state index contributed by atoms with van der Waals surface area (Å²) in [5, 5.41) is 0. The fourth-order valence-electron chi connectivity index (χ4n) is 1.68. The first kappa shape index (κ1) is 16.4. The minimum absolute atomic E-state index is 0. The molecule has 0 bridgehead atoms. The van der Waals surface area contributed by atoms with E-state index >= 15 is 0 Å². The largest absolute Gasteiger partial charge is 0.372 e. The van der Waals surface area contributed by atoms with Gasteiger partial charge in [-0.05, 0) is 11.8 Å². The van der Waals surface area contributed by atoms with Crippen molar-refractivity contribution in [1.29, 1.82) is 0 Å². The molecule has 0 spiro atoms. The summed E-state index contributed by atoms with van der Waals surface area (Å²) in [7, 11) is 0. The first-order valence-corrected chi connectivity index (χ1v) is 4.70. The van der Waals surface area contributed by atoms with Gasteiger partial charge in [-0.25, -0.2) is 18.6 Å². The maximum absolute atomic E-state index is 3.94. The minimum Gasteiger partial charge on any atom is -0.372 e. The Kier molecular flexibility index (Phi) is 8.60. The fraction of sp³-hybridized carbons (Fsp3) is 0.462. The molecule has 0 fully saturated rings. The first-order valence-electron chi connectivity index (χ1n) is 4.70.